The molecule has 2 nitrogen and oxygen atoms in total. The number of hydrogen-bond donors (Lipinski definition) is 1. The number of rotatable bonds is 6. The van der Waals surface area contributed by atoms with Crippen molar-refractivity contribution in [2.24, 2.45) is 0 Å². The Hall–Kier alpha value is 1.42. The van der Waals surface area contributed by atoms with Crippen molar-refractivity contribution >= 4 is 33.3 Å². The number of aliphatic carboxylic acids is 1. The van der Waals surface area contributed by atoms with Crippen molar-refractivity contribution in [2.45, 2.75) is 45.4 Å². The van der Waals surface area contributed by atoms with E-state index >= 15 is 0 Å². The second-order valence-electron chi connectivity index (χ2n) is 2.56. The third kappa shape index (κ3) is 24.7. The van der Waals surface area contributed by atoms with Crippen LogP contribution in [-0.2, 0) is 38.6 Å². The van der Waals surface area contributed by atoms with E-state index in [0.717, 1.165) is 12.8 Å². The molecule has 5 heteroatoms. The van der Waals surface area contributed by atoms with Gasteiger partial charge in [0.2, 0.25) is 0 Å². The Kier molecular flexibility index (Phi) is 35.1. The SMILES string of the molecule is CCCCCCCC(=O)O.[Co].[Mn].[PbH2]. The van der Waals surface area contributed by atoms with Gasteiger partial charge in [-0.25, -0.2) is 0 Å². The number of carboxylic acid groups (broad SMARTS) is 1. The summed E-state index contributed by atoms with van der Waals surface area (Å²) in [4.78, 5) is 10.0. The van der Waals surface area contributed by atoms with E-state index in [1.807, 2.05) is 0 Å². The van der Waals surface area contributed by atoms with Gasteiger partial charge in [0.05, 0.1) is 0 Å². The van der Waals surface area contributed by atoms with E-state index in [1.54, 1.807) is 0 Å². The van der Waals surface area contributed by atoms with E-state index in [0.29, 0.717) is 6.42 Å². The van der Waals surface area contributed by atoms with E-state index in [1.165, 1.54) is 19.3 Å². The van der Waals surface area contributed by atoms with Crippen LogP contribution in [0, 0.1) is 0 Å². The van der Waals surface area contributed by atoms with Crippen molar-refractivity contribution in [1.82, 2.24) is 0 Å². The first-order valence-corrected chi connectivity index (χ1v) is 3.99. The molecule has 0 aliphatic rings. The predicted octanol–water partition coefficient (Wildman–Crippen LogP) is 1.51. The Bertz CT molecular complexity index is 104. The molecule has 0 heterocycles. The molecule has 0 saturated carbocycles. The summed E-state index contributed by atoms with van der Waals surface area (Å²) in [6.45, 7) is 2.15. The zero-order valence-electron chi connectivity index (χ0n) is 8.02. The molecule has 0 amide bonds. The first-order chi connectivity index (χ1) is 4.77. The number of hydrogen-bond acceptors (Lipinski definition) is 1. The van der Waals surface area contributed by atoms with Crippen LogP contribution >= 0.6 is 0 Å². The van der Waals surface area contributed by atoms with E-state index in [-0.39, 0.29) is 61.1 Å². The van der Waals surface area contributed by atoms with Gasteiger partial charge in [-0.1, -0.05) is 32.6 Å². The second-order valence-corrected chi connectivity index (χ2v) is 2.56. The van der Waals surface area contributed by atoms with Crippen LogP contribution in [0.2, 0.25) is 0 Å². The van der Waals surface area contributed by atoms with Crippen LogP contribution in [0.3, 0.4) is 0 Å². The number of carbonyl (C=O) groups is 1. The van der Waals surface area contributed by atoms with Gasteiger partial charge in [-0.3, -0.25) is 4.79 Å². The molecular weight excluding hydrogens is 449 g/mol. The fourth-order valence-corrected chi connectivity index (χ4v) is 0.880. The predicted molar refractivity (Wildman–Crippen MR) is 49.6 cm³/mol. The van der Waals surface area contributed by atoms with Crippen LogP contribution in [-0.4, -0.2) is 38.4 Å². The molecule has 0 spiro atoms. The molecule has 82 valence electrons. The van der Waals surface area contributed by atoms with Crippen molar-refractivity contribution in [2.75, 3.05) is 0 Å². The molecular formula is C8H18CoMnO2Pb. The van der Waals surface area contributed by atoms with Crippen molar-refractivity contribution in [3.05, 3.63) is 0 Å². The number of carboxylic acids is 1. The molecule has 0 aliphatic carbocycles. The Labute approximate surface area is 121 Å². The molecule has 13 heavy (non-hydrogen) atoms. The van der Waals surface area contributed by atoms with E-state index in [4.69, 9.17) is 5.11 Å². The molecule has 0 aromatic carbocycles. The number of unbranched alkanes of at least 4 members (excludes halogenated alkanes) is 4. The summed E-state index contributed by atoms with van der Waals surface area (Å²) in [6, 6.07) is 0. The standard InChI is InChI=1S/C8H16O2.Co.Mn.Pb.2H/c1-2-3-4-5-6-7-8(9)10;;;;;/h2-7H2,1H3,(H,9,10);;;;;. The first kappa shape index (κ1) is 23.9. The minimum atomic E-state index is -0.670. The summed E-state index contributed by atoms with van der Waals surface area (Å²) in [5.41, 5.74) is 0. The summed E-state index contributed by atoms with van der Waals surface area (Å²) in [5.74, 6) is -0.670. The summed E-state index contributed by atoms with van der Waals surface area (Å²) < 4.78 is 0. The van der Waals surface area contributed by atoms with E-state index < -0.39 is 5.97 Å². The second kappa shape index (κ2) is 19.1. The molecule has 0 aliphatic heterocycles. The molecule has 0 aromatic heterocycles. The fourth-order valence-electron chi connectivity index (χ4n) is 0.880. The van der Waals surface area contributed by atoms with Gasteiger partial charge >= 0.3 is 33.3 Å². The fraction of sp³-hybridized carbons (Fsp3) is 0.875. The Morgan fingerprint density at radius 3 is 2.00 bits per heavy atom. The quantitative estimate of drug-likeness (QED) is 0.475. The van der Waals surface area contributed by atoms with Crippen LogP contribution in [0.15, 0.2) is 0 Å². The molecule has 0 saturated heterocycles. The van der Waals surface area contributed by atoms with Gasteiger partial charge in [0.1, 0.15) is 0 Å². The molecule has 0 aromatic rings. The molecule has 4 radical (unpaired) electrons. The van der Waals surface area contributed by atoms with Gasteiger partial charge in [-0.05, 0) is 6.42 Å². The molecule has 0 atom stereocenters. The summed E-state index contributed by atoms with van der Waals surface area (Å²) in [7, 11) is 0. The molecule has 1 N–H and O–H groups in total. The van der Waals surface area contributed by atoms with Crippen molar-refractivity contribution in [1.29, 1.82) is 0 Å². The van der Waals surface area contributed by atoms with Gasteiger partial charge in [-0.15, -0.1) is 0 Å². The summed E-state index contributed by atoms with van der Waals surface area (Å²) in [6.07, 6.45) is 5.88. The first-order valence-electron chi connectivity index (χ1n) is 3.99. The summed E-state index contributed by atoms with van der Waals surface area (Å²) >= 11 is 0. The topological polar surface area (TPSA) is 37.3 Å². The van der Waals surface area contributed by atoms with Gasteiger partial charge in [0.15, 0.2) is 0 Å². The normalized spacial score (nSPS) is 7.46. The molecule has 0 bridgehead atoms. The van der Waals surface area contributed by atoms with Gasteiger partial charge < -0.3 is 5.11 Å². The molecule has 0 rings (SSSR count). The van der Waals surface area contributed by atoms with Crippen LogP contribution in [0.4, 0.5) is 0 Å². The third-order valence-electron chi connectivity index (χ3n) is 1.49. The monoisotopic (exact) mass is 468 g/mol. The zero-order chi connectivity index (χ0) is 7.82. The maximum atomic E-state index is 10.0. The molecule has 0 unspecified atom stereocenters. The average Bonchev–Trinajstić information content (AvgIpc) is 1.87. The molecule has 0 fully saturated rings. The average molecular weight is 467 g/mol. The Balaban J connectivity index is -0.000000135. The van der Waals surface area contributed by atoms with Crippen molar-refractivity contribution < 1.29 is 43.7 Å². The van der Waals surface area contributed by atoms with E-state index in [9.17, 15) is 4.79 Å². The summed E-state index contributed by atoms with van der Waals surface area (Å²) in [5, 5.41) is 8.27. The Morgan fingerprint density at radius 2 is 1.62 bits per heavy atom. The van der Waals surface area contributed by atoms with Gasteiger partial charge in [0.25, 0.3) is 0 Å². The maximum absolute atomic E-state index is 10.0. The van der Waals surface area contributed by atoms with Gasteiger partial charge in [0, 0.05) is 40.3 Å². The van der Waals surface area contributed by atoms with Gasteiger partial charge in [-0.2, -0.15) is 0 Å². The Morgan fingerprint density at radius 1 is 1.15 bits per heavy atom. The van der Waals surface area contributed by atoms with Crippen molar-refractivity contribution in [3.8, 4) is 0 Å². The van der Waals surface area contributed by atoms with Crippen LogP contribution in [0.5, 0.6) is 0 Å². The van der Waals surface area contributed by atoms with Crippen molar-refractivity contribution in [3.63, 3.8) is 0 Å². The van der Waals surface area contributed by atoms with Crippen LogP contribution in [0.1, 0.15) is 45.4 Å². The zero-order valence-corrected chi connectivity index (χ0v) is 15.7. The van der Waals surface area contributed by atoms with Crippen LogP contribution in [0.25, 0.3) is 0 Å². The minimum absolute atomic E-state index is 0. The van der Waals surface area contributed by atoms with Crippen LogP contribution < -0.4 is 0 Å². The third-order valence-corrected chi connectivity index (χ3v) is 1.49. The van der Waals surface area contributed by atoms with E-state index in [2.05, 4.69) is 6.92 Å².